The molecule has 0 aromatic carbocycles. The third-order valence-corrected chi connectivity index (χ3v) is 7.05. The van der Waals surface area contributed by atoms with E-state index in [9.17, 15) is 0 Å². The number of hydrogen-bond donors (Lipinski definition) is 1. The quantitative estimate of drug-likeness (QED) is 0.688. The number of hydrogen-bond acceptors (Lipinski definition) is 3. The second-order valence-electron chi connectivity index (χ2n) is 4.13. The molecule has 0 fully saturated rings. The fourth-order valence-electron chi connectivity index (χ4n) is 2.01. The molecule has 2 aromatic heterocycles. The molecular formula is C13H15Br2NS2. The zero-order chi connectivity index (χ0) is 13.3. The van der Waals surface area contributed by atoms with E-state index in [1.54, 1.807) is 11.3 Å². The molecular weight excluding hydrogens is 394 g/mol. The Bertz CT molecular complexity index is 526. The molecule has 18 heavy (non-hydrogen) atoms. The van der Waals surface area contributed by atoms with Crippen LogP contribution in [0.5, 0.6) is 0 Å². The first kappa shape index (κ1) is 14.7. The SMILES string of the molecule is CCNC(c1cc(Br)c(Br)s1)c1cc(C)sc1C. The van der Waals surface area contributed by atoms with E-state index in [0.29, 0.717) is 6.04 Å². The minimum Gasteiger partial charge on any atom is -0.306 e. The Morgan fingerprint density at radius 1 is 1.22 bits per heavy atom. The average Bonchev–Trinajstić information content (AvgIpc) is 2.79. The number of thiophene rings is 2. The average molecular weight is 409 g/mol. The van der Waals surface area contributed by atoms with Gasteiger partial charge in [0.25, 0.3) is 0 Å². The van der Waals surface area contributed by atoms with E-state index in [-0.39, 0.29) is 0 Å². The van der Waals surface area contributed by atoms with Crippen molar-refractivity contribution < 1.29 is 0 Å². The summed E-state index contributed by atoms with van der Waals surface area (Å²) < 4.78 is 2.29. The van der Waals surface area contributed by atoms with Gasteiger partial charge in [0.05, 0.1) is 9.83 Å². The van der Waals surface area contributed by atoms with Crippen LogP contribution in [-0.2, 0) is 0 Å². The molecule has 2 heterocycles. The van der Waals surface area contributed by atoms with Crippen molar-refractivity contribution in [1.29, 1.82) is 0 Å². The predicted octanol–water partition coefficient (Wildman–Crippen LogP) is 5.65. The molecule has 0 spiro atoms. The van der Waals surface area contributed by atoms with Gasteiger partial charge in [-0.3, -0.25) is 0 Å². The van der Waals surface area contributed by atoms with Gasteiger partial charge in [0.15, 0.2) is 0 Å². The molecule has 1 atom stereocenters. The molecule has 0 amide bonds. The lowest BCUT2D eigenvalue weighted by atomic mass is 10.1. The van der Waals surface area contributed by atoms with Gasteiger partial charge in [0, 0.05) is 19.1 Å². The Labute approximate surface area is 133 Å². The first-order valence-corrected chi connectivity index (χ1v) is 8.99. The second-order valence-corrected chi connectivity index (χ2v) is 8.85. The van der Waals surface area contributed by atoms with Crippen molar-refractivity contribution >= 4 is 54.5 Å². The van der Waals surface area contributed by atoms with E-state index in [0.717, 1.165) is 14.8 Å². The second kappa shape index (κ2) is 6.18. The summed E-state index contributed by atoms with van der Waals surface area (Å²) in [4.78, 5) is 4.12. The lowest BCUT2D eigenvalue weighted by Gasteiger charge is -2.16. The largest absolute Gasteiger partial charge is 0.306 e. The molecule has 1 nitrogen and oxygen atoms in total. The van der Waals surface area contributed by atoms with E-state index in [4.69, 9.17) is 0 Å². The van der Waals surface area contributed by atoms with Crippen LogP contribution < -0.4 is 5.32 Å². The molecule has 0 aliphatic heterocycles. The highest BCUT2D eigenvalue weighted by Crippen LogP contribution is 2.39. The van der Waals surface area contributed by atoms with Crippen molar-refractivity contribution in [3.05, 3.63) is 40.6 Å². The monoisotopic (exact) mass is 407 g/mol. The van der Waals surface area contributed by atoms with Gasteiger partial charge < -0.3 is 5.32 Å². The van der Waals surface area contributed by atoms with E-state index in [1.807, 2.05) is 11.3 Å². The summed E-state index contributed by atoms with van der Waals surface area (Å²) in [6.45, 7) is 7.49. The summed E-state index contributed by atoms with van der Waals surface area (Å²) >= 11 is 10.8. The van der Waals surface area contributed by atoms with Crippen molar-refractivity contribution in [3.8, 4) is 0 Å². The number of nitrogens with one attached hydrogen (secondary N) is 1. The van der Waals surface area contributed by atoms with Crippen molar-refractivity contribution in [1.82, 2.24) is 5.32 Å². The Hall–Kier alpha value is 0.320. The molecule has 2 aromatic rings. The molecule has 5 heteroatoms. The van der Waals surface area contributed by atoms with Crippen LogP contribution in [0.25, 0.3) is 0 Å². The topological polar surface area (TPSA) is 12.0 Å². The first-order valence-electron chi connectivity index (χ1n) is 5.78. The van der Waals surface area contributed by atoms with E-state index >= 15 is 0 Å². The molecule has 0 aliphatic carbocycles. The predicted molar refractivity (Wildman–Crippen MR) is 89.0 cm³/mol. The Kier molecular flexibility index (Phi) is 5.06. The van der Waals surface area contributed by atoms with Gasteiger partial charge in [-0.25, -0.2) is 0 Å². The van der Waals surface area contributed by atoms with Crippen LogP contribution in [0, 0.1) is 13.8 Å². The van der Waals surface area contributed by atoms with E-state index < -0.39 is 0 Å². The minimum atomic E-state index is 0.299. The molecule has 0 bridgehead atoms. The summed E-state index contributed by atoms with van der Waals surface area (Å²) in [5, 5.41) is 3.59. The maximum atomic E-state index is 3.59. The lowest BCUT2D eigenvalue weighted by Crippen LogP contribution is -2.21. The third-order valence-electron chi connectivity index (χ3n) is 2.75. The van der Waals surface area contributed by atoms with Crippen molar-refractivity contribution in [3.63, 3.8) is 0 Å². The van der Waals surface area contributed by atoms with Crippen molar-refractivity contribution in [2.45, 2.75) is 26.8 Å². The minimum absolute atomic E-state index is 0.299. The molecule has 0 radical (unpaired) electrons. The van der Waals surface area contributed by atoms with Crippen LogP contribution in [-0.4, -0.2) is 6.54 Å². The zero-order valence-corrected chi connectivity index (χ0v) is 15.3. The van der Waals surface area contributed by atoms with Crippen LogP contribution in [0.3, 0.4) is 0 Å². The van der Waals surface area contributed by atoms with Gasteiger partial charge in [-0.1, -0.05) is 6.92 Å². The maximum Gasteiger partial charge on any atom is 0.0843 e. The molecule has 0 saturated carbocycles. The van der Waals surface area contributed by atoms with Gasteiger partial charge in [0.2, 0.25) is 0 Å². The number of aryl methyl sites for hydroxylation is 2. The standard InChI is InChI=1S/C13H15Br2NS2/c1-4-16-12(9-5-7(2)17-8(9)3)11-6-10(14)13(15)18-11/h5-6,12,16H,4H2,1-3H3. The highest BCUT2D eigenvalue weighted by atomic mass is 79.9. The summed E-state index contributed by atoms with van der Waals surface area (Å²) in [5.41, 5.74) is 1.40. The Morgan fingerprint density at radius 2 is 1.94 bits per heavy atom. The smallest absolute Gasteiger partial charge is 0.0843 e. The Morgan fingerprint density at radius 3 is 2.39 bits per heavy atom. The molecule has 0 aliphatic rings. The normalized spacial score (nSPS) is 12.9. The highest BCUT2D eigenvalue weighted by molar-refractivity contribution is 9.13. The maximum absolute atomic E-state index is 3.59. The molecule has 98 valence electrons. The molecule has 2 rings (SSSR count). The number of halogens is 2. The molecule has 0 saturated heterocycles. The van der Waals surface area contributed by atoms with Crippen LogP contribution in [0.4, 0.5) is 0 Å². The van der Waals surface area contributed by atoms with Gasteiger partial charge in [-0.05, 0) is 69.9 Å². The van der Waals surface area contributed by atoms with E-state index in [1.165, 1.54) is 20.2 Å². The lowest BCUT2D eigenvalue weighted by molar-refractivity contribution is 0.639. The number of rotatable bonds is 4. The van der Waals surface area contributed by atoms with Crippen LogP contribution in [0.1, 0.15) is 33.2 Å². The summed E-state index contributed by atoms with van der Waals surface area (Å²) in [7, 11) is 0. The summed E-state index contributed by atoms with van der Waals surface area (Å²) in [6, 6.07) is 4.80. The van der Waals surface area contributed by atoms with Gasteiger partial charge >= 0.3 is 0 Å². The highest BCUT2D eigenvalue weighted by Gasteiger charge is 2.20. The van der Waals surface area contributed by atoms with Crippen molar-refractivity contribution in [2.24, 2.45) is 0 Å². The summed E-state index contributed by atoms with van der Waals surface area (Å²) in [6.07, 6.45) is 0. The van der Waals surface area contributed by atoms with Crippen LogP contribution in [0.15, 0.2) is 20.4 Å². The zero-order valence-electron chi connectivity index (χ0n) is 10.5. The van der Waals surface area contributed by atoms with Gasteiger partial charge in [-0.2, -0.15) is 0 Å². The van der Waals surface area contributed by atoms with E-state index in [2.05, 4.69) is 70.1 Å². The van der Waals surface area contributed by atoms with Gasteiger partial charge in [-0.15, -0.1) is 22.7 Å². The van der Waals surface area contributed by atoms with Gasteiger partial charge in [0.1, 0.15) is 0 Å². The summed E-state index contributed by atoms with van der Waals surface area (Å²) in [5.74, 6) is 0. The fourth-order valence-corrected chi connectivity index (χ4v) is 5.16. The molecule has 1 N–H and O–H groups in total. The van der Waals surface area contributed by atoms with Crippen LogP contribution in [0.2, 0.25) is 0 Å². The third kappa shape index (κ3) is 3.07. The molecule has 1 unspecified atom stereocenters. The first-order chi connectivity index (χ1) is 8.52. The van der Waals surface area contributed by atoms with Crippen LogP contribution >= 0.6 is 54.5 Å². The Balaban J connectivity index is 2.42. The fraction of sp³-hybridized carbons (Fsp3) is 0.385. The van der Waals surface area contributed by atoms with Crippen molar-refractivity contribution in [2.75, 3.05) is 6.54 Å².